The zero-order valence-corrected chi connectivity index (χ0v) is 23.5. The molecule has 0 fully saturated rings. The van der Waals surface area contributed by atoms with Crippen LogP contribution in [-0.2, 0) is 21.2 Å². The van der Waals surface area contributed by atoms with E-state index in [1.165, 1.54) is 33.4 Å². The van der Waals surface area contributed by atoms with Crippen molar-refractivity contribution in [1.29, 1.82) is 0 Å². The van der Waals surface area contributed by atoms with Gasteiger partial charge >= 0.3 is 0 Å². The van der Waals surface area contributed by atoms with Crippen LogP contribution >= 0.6 is 22.9 Å². The van der Waals surface area contributed by atoms with Crippen LogP contribution in [0.25, 0.3) is 0 Å². The van der Waals surface area contributed by atoms with Crippen LogP contribution in [0.2, 0.25) is 5.02 Å². The van der Waals surface area contributed by atoms with Gasteiger partial charge in [0.25, 0.3) is 0 Å². The molecule has 7 nitrogen and oxygen atoms in total. The molecule has 2 heterocycles. The lowest BCUT2D eigenvalue weighted by Crippen LogP contribution is -2.48. The van der Waals surface area contributed by atoms with E-state index >= 15 is 0 Å². The van der Waals surface area contributed by atoms with Gasteiger partial charge in [-0.25, -0.2) is 8.42 Å². The van der Waals surface area contributed by atoms with Crippen LogP contribution in [0.3, 0.4) is 0 Å². The van der Waals surface area contributed by atoms with Gasteiger partial charge in [-0.1, -0.05) is 37.6 Å². The first-order chi connectivity index (χ1) is 17.7. The number of carbonyl (C=O) groups is 1. The summed E-state index contributed by atoms with van der Waals surface area (Å²) in [6, 6.07) is 15.1. The van der Waals surface area contributed by atoms with E-state index in [1.54, 1.807) is 23.3 Å². The second kappa shape index (κ2) is 11.9. The van der Waals surface area contributed by atoms with Gasteiger partial charge in [0.05, 0.1) is 24.6 Å². The molecule has 4 rings (SSSR count). The summed E-state index contributed by atoms with van der Waals surface area (Å²) < 4.78 is 39.8. The summed E-state index contributed by atoms with van der Waals surface area (Å²) in [7, 11) is -2.31. The lowest BCUT2D eigenvalue weighted by Gasteiger charge is -2.37. The number of amides is 1. The number of fused-ring (bicyclic) bond motifs is 1. The fraction of sp³-hybridized carbons (Fsp3) is 0.370. The number of sulfonamides is 1. The van der Waals surface area contributed by atoms with E-state index in [1.807, 2.05) is 49.6 Å². The second-order valence-electron chi connectivity index (χ2n) is 9.26. The third-order valence-electron chi connectivity index (χ3n) is 6.21. The number of methoxy groups -OCH3 is 1. The molecule has 1 aromatic heterocycles. The highest BCUT2D eigenvalue weighted by Crippen LogP contribution is 2.35. The summed E-state index contributed by atoms with van der Waals surface area (Å²) in [6.45, 7) is 4.53. The number of nitrogens with zero attached hydrogens (tertiary/aromatic N) is 2. The lowest BCUT2D eigenvalue weighted by atomic mass is 10.0. The molecule has 1 unspecified atom stereocenters. The zero-order valence-electron chi connectivity index (χ0n) is 21.1. The summed E-state index contributed by atoms with van der Waals surface area (Å²) in [4.78, 5) is 16.8. The van der Waals surface area contributed by atoms with Gasteiger partial charge in [-0.15, -0.1) is 11.3 Å². The van der Waals surface area contributed by atoms with E-state index in [-0.39, 0.29) is 42.5 Å². The molecule has 3 aromatic rings. The van der Waals surface area contributed by atoms with Gasteiger partial charge in [-0.2, -0.15) is 4.31 Å². The normalized spacial score (nSPS) is 15.6. The highest BCUT2D eigenvalue weighted by atomic mass is 35.5. The summed E-state index contributed by atoms with van der Waals surface area (Å²) >= 11 is 7.63. The summed E-state index contributed by atoms with van der Waals surface area (Å²) in [5.41, 5.74) is 1.04. The summed E-state index contributed by atoms with van der Waals surface area (Å²) in [5, 5.41) is 2.47. The van der Waals surface area contributed by atoms with E-state index in [2.05, 4.69) is 0 Å². The van der Waals surface area contributed by atoms with Gasteiger partial charge in [0, 0.05) is 23.0 Å². The van der Waals surface area contributed by atoms with Gasteiger partial charge < -0.3 is 14.4 Å². The van der Waals surface area contributed by atoms with Crippen molar-refractivity contribution in [1.82, 2.24) is 9.21 Å². The summed E-state index contributed by atoms with van der Waals surface area (Å²) in [6.07, 6.45) is 0.720. The van der Waals surface area contributed by atoms with Crippen LogP contribution in [0.1, 0.15) is 30.3 Å². The van der Waals surface area contributed by atoms with Crippen molar-refractivity contribution in [2.45, 2.75) is 31.2 Å². The fourth-order valence-electron chi connectivity index (χ4n) is 4.43. The topological polar surface area (TPSA) is 76.2 Å². The Kier molecular flexibility index (Phi) is 8.79. The Morgan fingerprint density at radius 1 is 1.14 bits per heavy atom. The maximum atomic E-state index is 13.7. The van der Waals surface area contributed by atoms with E-state index in [4.69, 9.17) is 21.1 Å². The van der Waals surface area contributed by atoms with Crippen LogP contribution in [0.15, 0.2) is 64.9 Å². The predicted octanol–water partition coefficient (Wildman–Crippen LogP) is 5.26. The van der Waals surface area contributed by atoms with Crippen LogP contribution in [0, 0.1) is 5.92 Å². The number of para-hydroxylation sites is 2. The van der Waals surface area contributed by atoms with Crippen LogP contribution in [-0.4, -0.2) is 56.9 Å². The molecular weight excluding hydrogens is 532 g/mol. The van der Waals surface area contributed by atoms with Crippen molar-refractivity contribution in [2.75, 3.05) is 33.4 Å². The highest BCUT2D eigenvalue weighted by molar-refractivity contribution is 7.89. The molecule has 0 N–H and O–H groups in total. The SMILES string of the molecule is COc1ccccc1OCC1c2ccsc2CCN1C(=O)CN(CC(C)C)S(=O)(=O)c1ccc(Cl)cc1. The molecular formula is C27H31ClN2O5S2. The van der Waals surface area contributed by atoms with Gasteiger partial charge in [-0.3, -0.25) is 4.79 Å². The molecule has 37 heavy (non-hydrogen) atoms. The molecule has 2 aromatic carbocycles. The van der Waals surface area contributed by atoms with Crippen molar-refractivity contribution in [3.63, 3.8) is 0 Å². The number of thiophene rings is 1. The van der Waals surface area contributed by atoms with Crippen molar-refractivity contribution >= 4 is 38.9 Å². The quantitative estimate of drug-likeness (QED) is 0.337. The smallest absolute Gasteiger partial charge is 0.243 e. The molecule has 1 aliphatic heterocycles. The predicted molar refractivity (Wildman–Crippen MR) is 146 cm³/mol. The maximum Gasteiger partial charge on any atom is 0.243 e. The molecule has 0 saturated carbocycles. The van der Waals surface area contributed by atoms with E-state index < -0.39 is 10.0 Å². The third kappa shape index (κ3) is 6.29. The monoisotopic (exact) mass is 562 g/mol. The minimum Gasteiger partial charge on any atom is -0.493 e. The molecule has 0 spiro atoms. The molecule has 198 valence electrons. The molecule has 1 atom stereocenters. The zero-order chi connectivity index (χ0) is 26.6. The van der Waals surface area contributed by atoms with E-state index in [9.17, 15) is 13.2 Å². The van der Waals surface area contributed by atoms with Crippen LogP contribution < -0.4 is 9.47 Å². The van der Waals surface area contributed by atoms with Crippen LogP contribution in [0.5, 0.6) is 11.5 Å². The Morgan fingerprint density at radius 3 is 2.51 bits per heavy atom. The molecule has 0 saturated heterocycles. The number of hydrogen-bond acceptors (Lipinski definition) is 6. The number of ether oxygens (including phenoxy) is 2. The molecule has 10 heteroatoms. The van der Waals surface area contributed by atoms with Gasteiger partial charge in [0.15, 0.2) is 11.5 Å². The molecule has 0 aliphatic carbocycles. The van der Waals surface area contributed by atoms with Crippen molar-refractivity contribution in [3.05, 3.63) is 75.4 Å². The van der Waals surface area contributed by atoms with Gasteiger partial charge in [0.2, 0.25) is 15.9 Å². The standard InChI is InChI=1S/C27H31ClN2O5S2/c1-19(2)16-29(37(32,33)21-10-8-20(28)9-11-21)17-27(31)30-14-12-26-22(13-15-36-26)23(30)18-35-25-7-5-4-6-24(25)34-3/h4-11,13,15,19,23H,12,14,16-18H2,1-3H3. The first-order valence-electron chi connectivity index (χ1n) is 12.1. The highest BCUT2D eigenvalue weighted by Gasteiger charge is 2.35. The molecule has 0 radical (unpaired) electrons. The Labute approximate surface area is 227 Å². The second-order valence-corrected chi connectivity index (χ2v) is 12.6. The Morgan fingerprint density at radius 2 is 1.84 bits per heavy atom. The minimum atomic E-state index is -3.90. The fourth-order valence-corrected chi connectivity index (χ4v) is 7.04. The number of hydrogen-bond donors (Lipinski definition) is 0. The number of halogens is 1. The van der Waals surface area contributed by atoms with Crippen molar-refractivity contribution in [2.24, 2.45) is 5.92 Å². The maximum absolute atomic E-state index is 13.7. The van der Waals surface area contributed by atoms with Crippen molar-refractivity contribution in [3.8, 4) is 11.5 Å². The summed E-state index contributed by atoms with van der Waals surface area (Å²) in [5.74, 6) is 0.971. The van der Waals surface area contributed by atoms with Gasteiger partial charge in [-0.05, 0) is 65.7 Å². The molecule has 1 amide bonds. The molecule has 1 aliphatic rings. The van der Waals surface area contributed by atoms with E-state index in [0.29, 0.717) is 23.1 Å². The number of rotatable bonds is 10. The average molecular weight is 563 g/mol. The average Bonchev–Trinajstić information content (AvgIpc) is 3.36. The van der Waals surface area contributed by atoms with E-state index in [0.717, 1.165) is 12.0 Å². The minimum absolute atomic E-state index is 0.0318. The Hall–Kier alpha value is -2.59. The molecule has 0 bridgehead atoms. The largest absolute Gasteiger partial charge is 0.493 e. The third-order valence-corrected chi connectivity index (χ3v) is 9.29. The number of benzene rings is 2. The van der Waals surface area contributed by atoms with Crippen LogP contribution in [0.4, 0.5) is 0 Å². The first kappa shape index (κ1) is 27.4. The van der Waals surface area contributed by atoms with Crippen molar-refractivity contribution < 1.29 is 22.7 Å². The Bertz CT molecular complexity index is 1320. The first-order valence-corrected chi connectivity index (χ1v) is 14.8. The lowest BCUT2D eigenvalue weighted by molar-refractivity contribution is -0.135. The van der Waals surface area contributed by atoms with Gasteiger partial charge in [0.1, 0.15) is 6.61 Å². The number of carbonyl (C=O) groups excluding carboxylic acids is 1. The Balaban J connectivity index is 1.58.